The molecule has 104 valence electrons. The molecule has 0 radical (unpaired) electrons. The normalized spacial score (nSPS) is 10.5. The number of aromatic amines is 1. The van der Waals surface area contributed by atoms with Crippen molar-refractivity contribution in [1.82, 2.24) is 4.98 Å². The Balaban J connectivity index is 2.10. The van der Waals surface area contributed by atoms with Crippen LogP contribution in [-0.4, -0.2) is 10.9 Å². The highest BCUT2D eigenvalue weighted by Gasteiger charge is 2.06. The van der Waals surface area contributed by atoms with Crippen LogP contribution in [-0.2, 0) is 4.79 Å². The van der Waals surface area contributed by atoms with Crippen molar-refractivity contribution in [2.45, 2.75) is 6.92 Å². The first-order valence-corrected chi connectivity index (χ1v) is 6.63. The van der Waals surface area contributed by atoms with E-state index in [1.54, 1.807) is 6.20 Å². The minimum Gasteiger partial charge on any atom is -0.328 e. The summed E-state index contributed by atoms with van der Waals surface area (Å²) in [6, 6.07) is 15.0. The molecule has 1 amide bonds. The Bertz CT molecular complexity index is 864. The number of H-pyrrole nitrogens is 1. The number of hydrogen-bond donors (Lipinski definition) is 2. The molecule has 0 aliphatic heterocycles. The molecule has 4 nitrogen and oxygen atoms in total. The molecule has 21 heavy (non-hydrogen) atoms. The van der Waals surface area contributed by atoms with Crippen LogP contribution in [0, 0.1) is 0 Å². The molecule has 0 atom stereocenters. The molecule has 4 heteroatoms. The van der Waals surface area contributed by atoms with E-state index in [0.717, 1.165) is 22.2 Å². The van der Waals surface area contributed by atoms with E-state index < -0.39 is 0 Å². The van der Waals surface area contributed by atoms with Gasteiger partial charge < -0.3 is 10.3 Å². The molecule has 2 N–H and O–H groups in total. The molecule has 3 aromatic rings. The van der Waals surface area contributed by atoms with E-state index >= 15 is 0 Å². The summed E-state index contributed by atoms with van der Waals surface area (Å²) in [7, 11) is 0. The van der Waals surface area contributed by atoms with Gasteiger partial charge in [-0.2, -0.15) is 0 Å². The Kier molecular flexibility index (Phi) is 3.28. The van der Waals surface area contributed by atoms with Crippen LogP contribution < -0.4 is 10.9 Å². The largest absolute Gasteiger partial charge is 0.328 e. The number of anilines is 1. The molecule has 0 spiro atoms. The third-order valence-corrected chi connectivity index (χ3v) is 3.33. The van der Waals surface area contributed by atoms with E-state index in [2.05, 4.69) is 10.3 Å². The molecule has 1 aromatic heterocycles. The second kappa shape index (κ2) is 5.25. The second-order valence-electron chi connectivity index (χ2n) is 4.84. The summed E-state index contributed by atoms with van der Waals surface area (Å²) in [4.78, 5) is 25.6. The molecule has 0 saturated carbocycles. The van der Waals surface area contributed by atoms with E-state index in [9.17, 15) is 9.59 Å². The molecule has 0 fully saturated rings. The van der Waals surface area contributed by atoms with Crippen LogP contribution in [0.15, 0.2) is 59.5 Å². The van der Waals surface area contributed by atoms with E-state index in [-0.39, 0.29) is 11.5 Å². The molecule has 2 aromatic carbocycles. The number of carbonyl (C=O) groups excluding carboxylic acids is 1. The molecule has 0 bridgehead atoms. The smallest absolute Gasteiger partial charge is 0.255 e. The van der Waals surface area contributed by atoms with E-state index in [1.165, 1.54) is 6.92 Å². The van der Waals surface area contributed by atoms with Crippen molar-refractivity contribution in [1.29, 1.82) is 0 Å². The maximum absolute atomic E-state index is 11.8. The highest BCUT2D eigenvalue weighted by Crippen LogP contribution is 2.27. The zero-order valence-electron chi connectivity index (χ0n) is 11.5. The number of amides is 1. The molecule has 0 aliphatic rings. The minimum absolute atomic E-state index is 0.0933. The van der Waals surface area contributed by atoms with Crippen molar-refractivity contribution < 1.29 is 4.79 Å². The number of aromatic nitrogens is 1. The lowest BCUT2D eigenvalue weighted by Gasteiger charge is -2.08. The second-order valence-corrected chi connectivity index (χ2v) is 4.84. The van der Waals surface area contributed by atoms with Gasteiger partial charge in [0.1, 0.15) is 0 Å². The Hall–Kier alpha value is -2.88. The number of rotatable bonds is 2. The van der Waals surface area contributed by atoms with Gasteiger partial charge in [-0.25, -0.2) is 0 Å². The number of hydrogen-bond acceptors (Lipinski definition) is 2. The Morgan fingerprint density at radius 1 is 1.00 bits per heavy atom. The van der Waals surface area contributed by atoms with Crippen molar-refractivity contribution in [3.8, 4) is 11.1 Å². The van der Waals surface area contributed by atoms with Crippen molar-refractivity contribution in [2.24, 2.45) is 0 Å². The van der Waals surface area contributed by atoms with E-state index in [4.69, 9.17) is 0 Å². The molecular weight excluding hydrogens is 264 g/mol. The maximum Gasteiger partial charge on any atom is 0.255 e. The van der Waals surface area contributed by atoms with Crippen molar-refractivity contribution in [3.05, 3.63) is 65.1 Å². The zero-order valence-corrected chi connectivity index (χ0v) is 11.5. The summed E-state index contributed by atoms with van der Waals surface area (Å²) in [6.07, 6.45) is 1.72. The van der Waals surface area contributed by atoms with Crippen LogP contribution in [0.5, 0.6) is 0 Å². The average molecular weight is 278 g/mol. The topological polar surface area (TPSA) is 62.0 Å². The van der Waals surface area contributed by atoms with Gasteiger partial charge in [-0.05, 0) is 29.1 Å². The summed E-state index contributed by atoms with van der Waals surface area (Å²) < 4.78 is 0. The standard InChI is InChI=1S/C17H14N2O2/c1-11(20)19-13-8-6-12(7-9-13)16-10-18-17(21)15-5-3-2-4-14(15)16/h2-10H,1H3,(H,18,21)(H,19,20). The molecule has 0 aliphatic carbocycles. The first-order valence-electron chi connectivity index (χ1n) is 6.63. The van der Waals surface area contributed by atoms with E-state index in [1.807, 2.05) is 48.5 Å². The molecule has 0 saturated heterocycles. The summed E-state index contributed by atoms with van der Waals surface area (Å²) >= 11 is 0. The van der Waals surface area contributed by atoms with Crippen LogP contribution in [0.2, 0.25) is 0 Å². The van der Waals surface area contributed by atoms with Crippen LogP contribution >= 0.6 is 0 Å². The predicted octanol–water partition coefficient (Wildman–Crippen LogP) is 3.15. The number of carbonyl (C=O) groups is 1. The van der Waals surface area contributed by atoms with Crippen LogP contribution in [0.3, 0.4) is 0 Å². The average Bonchev–Trinajstić information content (AvgIpc) is 2.48. The summed E-state index contributed by atoms with van der Waals surface area (Å²) in [6.45, 7) is 1.48. The number of fused-ring (bicyclic) bond motifs is 1. The fourth-order valence-corrected chi connectivity index (χ4v) is 2.38. The maximum atomic E-state index is 11.8. The van der Waals surface area contributed by atoms with Crippen LogP contribution in [0.4, 0.5) is 5.69 Å². The monoisotopic (exact) mass is 278 g/mol. The molecular formula is C17H14N2O2. The van der Waals surface area contributed by atoms with Gasteiger partial charge >= 0.3 is 0 Å². The van der Waals surface area contributed by atoms with Crippen LogP contribution in [0.25, 0.3) is 21.9 Å². The predicted molar refractivity (Wildman–Crippen MR) is 84.3 cm³/mol. The van der Waals surface area contributed by atoms with Gasteiger partial charge in [-0.3, -0.25) is 9.59 Å². The summed E-state index contributed by atoms with van der Waals surface area (Å²) in [5.74, 6) is -0.0998. The van der Waals surface area contributed by atoms with Crippen LogP contribution in [0.1, 0.15) is 6.92 Å². The molecule has 3 rings (SSSR count). The van der Waals surface area contributed by atoms with Gasteiger partial charge in [0.05, 0.1) is 0 Å². The summed E-state index contributed by atoms with van der Waals surface area (Å²) in [5.41, 5.74) is 2.60. The van der Waals surface area contributed by atoms with E-state index in [0.29, 0.717) is 5.39 Å². The SMILES string of the molecule is CC(=O)Nc1ccc(-c2c[nH]c(=O)c3ccccc23)cc1. The van der Waals surface area contributed by atoms with Crippen molar-refractivity contribution in [2.75, 3.05) is 5.32 Å². The lowest BCUT2D eigenvalue weighted by Crippen LogP contribution is -2.06. The fourth-order valence-electron chi connectivity index (χ4n) is 2.38. The number of pyridine rings is 1. The highest BCUT2D eigenvalue weighted by molar-refractivity contribution is 5.96. The number of benzene rings is 2. The van der Waals surface area contributed by atoms with Gasteiger partial charge in [0.15, 0.2) is 0 Å². The zero-order chi connectivity index (χ0) is 14.8. The van der Waals surface area contributed by atoms with Gasteiger partial charge in [0, 0.05) is 29.8 Å². The fraction of sp³-hybridized carbons (Fsp3) is 0.0588. The quantitative estimate of drug-likeness (QED) is 0.756. The third kappa shape index (κ3) is 2.56. The first kappa shape index (κ1) is 13.1. The lowest BCUT2D eigenvalue weighted by atomic mass is 10.0. The van der Waals surface area contributed by atoms with Gasteiger partial charge in [-0.1, -0.05) is 30.3 Å². The van der Waals surface area contributed by atoms with Crippen molar-refractivity contribution in [3.63, 3.8) is 0 Å². The van der Waals surface area contributed by atoms with Gasteiger partial charge in [0.2, 0.25) is 5.91 Å². The third-order valence-electron chi connectivity index (χ3n) is 3.33. The Morgan fingerprint density at radius 3 is 2.33 bits per heavy atom. The summed E-state index contributed by atoms with van der Waals surface area (Å²) in [5, 5.41) is 4.31. The Morgan fingerprint density at radius 2 is 1.67 bits per heavy atom. The lowest BCUT2D eigenvalue weighted by molar-refractivity contribution is -0.114. The molecule has 1 heterocycles. The Labute approximate surface area is 121 Å². The van der Waals surface area contributed by atoms with Gasteiger partial charge in [-0.15, -0.1) is 0 Å². The minimum atomic E-state index is -0.0998. The van der Waals surface area contributed by atoms with Crippen molar-refractivity contribution >= 4 is 22.4 Å². The van der Waals surface area contributed by atoms with Gasteiger partial charge in [0.25, 0.3) is 5.56 Å². The highest BCUT2D eigenvalue weighted by atomic mass is 16.1. The molecule has 0 unspecified atom stereocenters. The first-order chi connectivity index (χ1) is 10.1. The number of nitrogens with one attached hydrogen (secondary N) is 2.